The van der Waals surface area contributed by atoms with E-state index in [-0.39, 0.29) is 12.5 Å². The van der Waals surface area contributed by atoms with Crippen molar-refractivity contribution in [3.63, 3.8) is 0 Å². The smallest absolute Gasteiger partial charge is 0.262 e. The van der Waals surface area contributed by atoms with E-state index in [9.17, 15) is 4.79 Å². The summed E-state index contributed by atoms with van der Waals surface area (Å²) in [6, 6.07) is 17.5. The highest BCUT2D eigenvalue weighted by atomic mass is 16.5. The molecule has 1 amide bonds. The van der Waals surface area contributed by atoms with Gasteiger partial charge in [-0.25, -0.2) is 9.67 Å². The topological polar surface area (TPSA) is 69.0 Å². The van der Waals surface area contributed by atoms with E-state index in [0.29, 0.717) is 11.4 Å². The zero-order valence-corrected chi connectivity index (χ0v) is 16.6. The summed E-state index contributed by atoms with van der Waals surface area (Å²) < 4.78 is 7.40. The largest absolute Gasteiger partial charge is 0.484 e. The Balaban J connectivity index is 1.49. The quantitative estimate of drug-likeness (QED) is 0.553. The van der Waals surface area contributed by atoms with Crippen LogP contribution in [0, 0.1) is 20.8 Å². The van der Waals surface area contributed by atoms with Crippen LogP contribution < -0.4 is 10.1 Å². The van der Waals surface area contributed by atoms with Crippen molar-refractivity contribution in [2.45, 2.75) is 20.8 Å². The molecule has 1 N–H and O–H groups in total. The highest BCUT2D eigenvalue weighted by Gasteiger charge is 2.12. The van der Waals surface area contributed by atoms with Crippen LogP contribution in [0.5, 0.6) is 5.75 Å². The minimum Gasteiger partial charge on any atom is -0.484 e. The number of fused-ring (bicyclic) bond motifs is 1. The fourth-order valence-corrected chi connectivity index (χ4v) is 3.11. The van der Waals surface area contributed by atoms with E-state index in [0.717, 1.165) is 28.0 Å². The second-order valence-electron chi connectivity index (χ2n) is 7.01. The van der Waals surface area contributed by atoms with Crippen LogP contribution in [0.25, 0.3) is 16.7 Å². The second-order valence-corrected chi connectivity index (χ2v) is 7.01. The van der Waals surface area contributed by atoms with E-state index in [1.165, 1.54) is 5.56 Å². The molecule has 4 rings (SSSR count). The number of nitrogens with one attached hydrogen (secondary N) is 1. The molecule has 0 aliphatic carbocycles. The maximum absolute atomic E-state index is 12.3. The number of nitrogens with zero attached hydrogens (tertiary/aromatic N) is 3. The van der Waals surface area contributed by atoms with Gasteiger partial charge in [0.05, 0.1) is 23.3 Å². The fraction of sp³-hybridized carbons (Fsp3) is 0.174. The molecule has 6 nitrogen and oxygen atoms in total. The monoisotopic (exact) mass is 386 g/mol. The van der Waals surface area contributed by atoms with E-state index in [1.807, 2.05) is 75.4 Å². The maximum atomic E-state index is 12.3. The highest BCUT2D eigenvalue weighted by Crippen LogP contribution is 2.23. The zero-order chi connectivity index (χ0) is 20.4. The van der Waals surface area contributed by atoms with Gasteiger partial charge in [-0.2, -0.15) is 5.10 Å². The number of rotatable bonds is 5. The molecule has 0 aliphatic heterocycles. The number of carbonyl (C=O) groups is 1. The third kappa shape index (κ3) is 3.96. The van der Waals surface area contributed by atoms with Crippen molar-refractivity contribution >= 4 is 22.6 Å². The van der Waals surface area contributed by atoms with Gasteiger partial charge in [0, 0.05) is 5.39 Å². The predicted octanol–water partition coefficient (Wildman–Crippen LogP) is 4.36. The van der Waals surface area contributed by atoms with Gasteiger partial charge in [0.15, 0.2) is 12.3 Å². The number of para-hydroxylation sites is 1. The first-order valence-electron chi connectivity index (χ1n) is 9.42. The average Bonchev–Trinajstić information content (AvgIpc) is 3.06. The summed E-state index contributed by atoms with van der Waals surface area (Å²) in [7, 11) is 0. The SMILES string of the molecule is Cc1ccc(OCC(=O)Nc2cnc3c(c2)c(C)nn3-c2ccccc2)cc1C. The number of pyridine rings is 1. The van der Waals surface area contributed by atoms with Crippen LogP contribution in [-0.4, -0.2) is 27.3 Å². The van der Waals surface area contributed by atoms with Crippen LogP contribution in [0.4, 0.5) is 5.69 Å². The summed E-state index contributed by atoms with van der Waals surface area (Å²) in [4.78, 5) is 16.8. The van der Waals surface area contributed by atoms with Gasteiger partial charge in [0.1, 0.15) is 5.75 Å². The van der Waals surface area contributed by atoms with Crippen molar-refractivity contribution in [1.82, 2.24) is 14.8 Å². The molecule has 0 saturated carbocycles. The first kappa shape index (κ1) is 18.7. The number of aromatic nitrogens is 3. The highest BCUT2D eigenvalue weighted by molar-refractivity contribution is 5.94. The maximum Gasteiger partial charge on any atom is 0.262 e. The fourth-order valence-electron chi connectivity index (χ4n) is 3.11. The first-order valence-corrected chi connectivity index (χ1v) is 9.42. The van der Waals surface area contributed by atoms with Gasteiger partial charge in [-0.15, -0.1) is 0 Å². The lowest BCUT2D eigenvalue weighted by atomic mass is 10.1. The molecule has 6 heteroatoms. The summed E-state index contributed by atoms with van der Waals surface area (Å²) >= 11 is 0. The number of anilines is 1. The number of hydrogen-bond acceptors (Lipinski definition) is 4. The van der Waals surface area contributed by atoms with Crippen molar-refractivity contribution < 1.29 is 9.53 Å². The summed E-state index contributed by atoms with van der Waals surface area (Å²) in [6.45, 7) is 5.92. The van der Waals surface area contributed by atoms with E-state index >= 15 is 0 Å². The Morgan fingerprint density at radius 1 is 1.03 bits per heavy atom. The van der Waals surface area contributed by atoms with Gasteiger partial charge < -0.3 is 10.1 Å². The standard InChI is InChI=1S/C23H22N4O2/c1-15-9-10-20(11-16(15)2)29-14-22(28)25-18-12-21-17(3)26-27(23(21)24-13-18)19-7-5-4-6-8-19/h4-13H,14H2,1-3H3,(H,25,28). The Kier molecular flexibility index (Phi) is 4.99. The molecule has 0 unspecified atom stereocenters. The van der Waals surface area contributed by atoms with Crippen molar-refractivity contribution in [2.24, 2.45) is 0 Å². The Bertz CT molecular complexity index is 1180. The van der Waals surface area contributed by atoms with Gasteiger partial charge >= 0.3 is 0 Å². The third-order valence-electron chi connectivity index (χ3n) is 4.84. The Hall–Kier alpha value is -3.67. The number of hydrogen-bond donors (Lipinski definition) is 1. The van der Waals surface area contributed by atoms with E-state index in [2.05, 4.69) is 15.4 Å². The van der Waals surface area contributed by atoms with Gasteiger partial charge in [0.2, 0.25) is 0 Å². The normalized spacial score (nSPS) is 10.9. The summed E-state index contributed by atoms with van der Waals surface area (Å²) in [5, 5.41) is 8.32. The molecule has 0 atom stereocenters. The third-order valence-corrected chi connectivity index (χ3v) is 4.84. The van der Waals surface area contributed by atoms with Crippen LogP contribution in [0.2, 0.25) is 0 Å². The number of amides is 1. The molecule has 0 bridgehead atoms. The molecule has 2 heterocycles. The van der Waals surface area contributed by atoms with E-state index in [1.54, 1.807) is 10.9 Å². The second kappa shape index (κ2) is 7.75. The summed E-state index contributed by atoms with van der Waals surface area (Å²) in [6.07, 6.45) is 1.64. The molecule has 146 valence electrons. The van der Waals surface area contributed by atoms with Crippen molar-refractivity contribution in [3.05, 3.63) is 77.6 Å². The first-order chi connectivity index (χ1) is 14.0. The van der Waals surface area contributed by atoms with Crippen molar-refractivity contribution in [1.29, 1.82) is 0 Å². The molecular formula is C23H22N4O2. The van der Waals surface area contributed by atoms with E-state index in [4.69, 9.17) is 4.74 Å². The molecule has 2 aromatic heterocycles. The van der Waals surface area contributed by atoms with Gasteiger partial charge in [-0.1, -0.05) is 24.3 Å². The van der Waals surface area contributed by atoms with E-state index < -0.39 is 0 Å². The number of ether oxygens (including phenoxy) is 1. The van der Waals surface area contributed by atoms with Crippen LogP contribution in [0.15, 0.2) is 60.8 Å². The molecule has 0 saturated heterocycles. The van der Waals surface area contributed by atoms with Crippen LogP contribution in [-0.2, 0) is 4.79 Å². The lowest BCUT2D eigenvalue weighted by Crippen LogP contribution is -2.20. The van der Waals surface area contributed by atoms with Crippen molar-refractivity contribution in [2.75, 3.05) is 11.9 Å². The number of carbonyl (C=O) groups excluding carboxylic acids is 1. The molecular weight excluding hydrogens is 364 g/mol. The van der Waals surface area contributed by atoms with Crippen molar-refractivity contribution in [3.8, 4) is 11.4 Å². The summed E-state index contributed by atoms with van der Waals surface area (Å²) in [5.41, 5.74) is 5.46. The molecule has 0 radical (unpaired) electrons. The Morgan fingerprint density at radius 3 is 2.59 bits per heavy atom. The van der Waals surface area contributed by atoms with Gasteiger partial charge in [-0.3, -0.25) is 4.79 Å². The Morgan fingerprint density at radius 2 is 1.83 bits per heavy atom. The average molecular weight is 386 g/mol. The molecule has 29 heavy (non-hydrogen) atoms. The lowest BCUT2D eigenvalue weighted by Gasteiger charge is -2.09. The molecule has 0 aliphatic rings. The lowest BCUT2D eigenvalue weighted by molar-refractivity contribution is -0.118. The zero-order valence-electron chi connectivity index (χ0n) is 16.6. The van der Waals surface area contributed by atoms with Gasteiger partial charge in [-0.05, 0) is 62.2 Å². The van der Waals surface area contributed by atoms with Crippen LogP contribution in [0.3, 0.4) is 0 Å². The molecule has 4 aromatic rings. The minimum atomic E-state index is -0.238. The number of benzene rings is 2. The molecule has 2 aromatic carbocycles. The molecule has 0 spiro atoms. The van der Waals surface area contributed by atoms with Crippen LogP contribution in [0.1, 0.15) is 16.8 Å². The summed E-state index contributed by atoms with van der Waals surface area (Å²) in [5.74, 6) is 0.439. The van der Waals surface area contributed by atoms with Crippen LogP contribution >= 0.6 is 0 Å². The minimum absolute atomic E-state index is 0.0667. The van der Waals surface area contributed by atoms with Gasteiger partial charge in [0.25, 0.3) is 5.91 Å². The number of aryl methyl sites for hydroxylation is 3. The predicted molar refractivity (Wildman–Crippen MR) is 114 cm³/mol. The molecule has 0 fully saturated rings. The Labute approximate surface area is 169 Å².